The summed E-state index contributed by atoms with van der Waals surface area (Å²) in [7, 11) is 1.75. The van der Waals surface area contributed by atoms with Crippen LogP contribution in [0.4, 0.5) is 0 Å². The summed E-state index contributed by atoms with van der Waals surface area (Å²) in [6, 6.07) is 8.13. The number of nitrogens with zero attached hydrogens (tertiary/aromatic N) is 3. The Morgan fingerprint density at radius 1 is 1.30 bits per heavy atom. The highest BCUT2D eigenvalue weighted by Crippen LogP contribution is 2.21. The second-order valence-electron chi connectivity index (χ2n) is 7.20. The molecular weight excluding hydrogens is 455 g/mol. The van der Waals surface area contributed by atoms with Gasteiger partial charge in [-0.05, 0) is 24.0 Å². The molecule has 1 heterocycles. The van der Waals surface area contributed by atoms with Crippen LogP contribution in [-0.4, -0.2) is 47.4 Å². The third-order valence-electron chi connectivity index (χ3n) is 4.08. The highest BCUT2D eigenvalue weighted by atomic mass is 127. The van der Waals surface area contributed by atoms with E-state index in [0.717, 1.165) is 29.5 Å². The lowest BCUT2D eigenvalue weighted by Gasteiger charge is -2.30. The third-order valence-corrected chi connectivity index (χ3v) is 4.08. The molecule has 8 heteroatoms. The fraction of sp³-hybridized carbons (Fsp3) is 0.526. The molecule has 0 spiro atoms. The number of rotatable bonds is 7. The molecule has 1 aromatic heterocycles. The number of methoxy groups -OCH3 is 1. The number of halogens is 1. The first-order valence-electron chi connectivity index (χ1n) is 8.93. The number of hydrogen-bond donors (Lipinski definition) is 3. The second-order valence-corrected chi connectivity index (χ2v) is 7.20. The van der Waals surface area contributed by atoms with Crippen LogP contribution in [-0.2, 0) is 11.3 Å². The molecule has 0 amide bonds. The zero-order valence-electron chi connectivity index (χ0n) is 16.7. The Hall–Kier alpha value is -1.68. The molecule has 0 saturated carbocycles. The molecule has 150 valence electrons. The van der Waals surface area contributed by atoms with Gasteiger partial charge >= 0.3 is 0 Å². The van der Waals surface area contributed by atoms with Crippen LogP contribution < -0.4 is 10.6 Å². The van der Waals surface area contributed by atoms with Crippen LogP contribution in [0.3, 0.4) is 0 Å². The maximum absolute atomic E-state index is 5.60. The summed E-state index contributed by atoms with van der Waals surface area (Å²) in [5, 5.41) is 13.4. The van der Waals surface area contributed by atoms with E-state index < -0.39 is 0 Å². The molecule has 1 aromatic carbocycles. The Balaban J connectivity index is 0.00000364. The Bertz CT molecular complexity index is 696. The molecule has 0 bridgehead atoms. The van der Waals surface area contributed by atoms with Crippen molar-refractivity contribution < 1.29 is 4.74 Å². The maximum Gasteiger partial charge on any atom is 0.191 e. The standard InChI is InChI=1S/C19H30N6O.HI/c1-6-20-18(22-12-16(26-5)19(2,3)4)21-11-14-8-7-9-15(10-14)17-23-13-24-25-17;/h7-10,13,16H,6,11-12H2,1-5H3,(H2,20,21,22)(H,23,24,25);1H. The van der Waals surface area contributed by atoms with Gasteiger partial charge < -0.3 is 15.4 Å². The SMILES string of the molecule is CCNC(=NCc1cccc(-c2ncn[nH]2)c1)NCC(OC)C(C)(C)C.I. The Kier molecular flexibility index (Phi) is 9.71. The first-order valence-corrected chi connectivity index (χ1v) is 8.93. The van der Waals surface area contributed by atoms with Gasteiger partial charge in [-0.25, -0.2) is 9.98 Å². The molecule has 0 aliphatic heterocycles. The van der Waals surface area contributed by atoms with Crippen molar-refractivity contribution in [3.8, 4) is 11.4 Å². The second kappa shape index (κ2) is 11.2. The molecule has 0 fully saturated rings. The summed E-state index contributed by atoms with van der Waals surface area (Å²) in [5.41, 5.74) is 2.17. The highest BCUT2D eigenvalue weighted by Gasteiger charge is 2.24. The maximum atomic E-state index is 5.60. The molecular formula is C19H31IN6O. The van der Waals surface area contributed by atoms with Crippen molar-refractivity contribution in [1.29, 1.82) is 0 Å². The summed E-state index contributed by atoms with van der Waals surface area (Å²) in [6.45, 7) is 10.6. The van der Waals surface area contributed by atoms with Crippen molar-refractivity contribution >= 4 is 29.9 Å². The average Bonchev–Trinajstić information content (AvgIpc) is 3.14. The molecule has 1 unspecified atom stereocenters. The third kappa shape index (κ3) is 7.45. The zero-order valence-corrected chi connectivity index (χ0v) is 19.1. The van der Waals surface area contributed by atoms with Crippen LogP contribution in [0.25, 0.3) is 11.4 Å². The van der Waals surface area contributed by atoms with Crippen molar-refractivity contribution in [3.05, 3.63) is 36.2 Å². The molecule has 0 aliphatic rings. The number of benzene rings is 1. The highest BCUT2D eigenvalue weighted by molar-refractivity contribution is 14.0. The lowest BCUT2D eigenvalue weighted by Crippen LogP contribution is -2.45. The normalized spacial score (nSPS) is 13.0. The number of aromatic nitrogens is 3. The monoisotopic (exact) mass is 486 g/mol. The lowest BCUT2D eigenvalue weighted by atomic mass is 9.89. The van der Waals surface area contributed by atoms with Crippen LogP contribution >= 0.6 is 24.0 Å². The molecule has 27 heavy (non-hydrogen) atoms. The number of nitrogens with one attached hydrogen (secondary N) is 3. The van der Waals surface area contributed by atoms with E-state index in [1.54, 1.807) is 7.11 Å². The van der Waals surface area contributed by atoms with E-state index in [0.29, 0.717) is 13.1 Å². The lowest BCUT2D eigenvalue weighted by molar-refractivity contribution is 0.0205. The molecule has 0 saturated heterocycles. The summed E-state index contributed by atoms with van der Waals surface area (Å²) in [4.78, 5) is 8.88. The molecule has 7 nitrogen and oxygen atoms in total. The molecule has 3 N–H and O–H groups in total. The summed E-state index contributed by atoms with van der Waals surface area (Å²) >= 11 is 0. The van der Waals surface area contributed by atoms with Crippen molar-refractivity contribution in [1.82, 2.24) is 25.8 Å². The van der Waals surface area contributed by atoms with Gasteiger partial charge in [-0.3, -0.25) is 5.10 Å². The van der Waals surface area contributed by atoms with E-state index >= 15 is 0 Å². The van der Waals surface area contributed by atoms with E-state index in [-0.39, 0.29) is 35.5 Å². The van der Waals surface area contributed by atoms with Gasteiger partial charge in [-0.1, -0.05) is 39.0 Å². The van der Waals surface area contributed by atoms with Gasteiger partial charge in [0.1, 0.15) is 6.33 Å². The molecule has 2 aromatic rings. The summed E-state index contributed by atoms with van der Waals surface area (Å²) in [6.07, 6.45) is 1.61. The molecule has 0 aliphatic carbocycles. The van der Waals surface area contributed by atoms with Gasteiger partial charge in [-0.2, -0.15) is 5.10 Å². The minimum Gasteiger partial charge on any atom is -0.379 e. The van der Waals surface area contributed by atoms with Crippen LogP contribution in [0.2, 0.25) is 0 Å². The first-order chi connectivity index (χ1) is 12.4. The van der Waals surface area contributed by atoms with Gasteiger partial charge in [-0.15, -0.1) is 24.0 Å². The Morgan fingerprint density at radius 2 is 2.07 bits per heavy atom. The minimum atomic E-state index is 0. The number of hydrogen-bond acceptors (Lipinski definition) is 4. The van der Waals surface area contributed by atoms with Crippen LogP contribution in [0.1, 0.15) is 33.3 Å². The summed E-state index contributed by atoms with van der Waals surface area (Å²) < 4.78 is 5.60. The van der Waals surface area contributed by atoms with E-state index in [1.807, 2.05) is 12.1 Å². The van der Waals surface area contributed by atoms with E-state index in [9.17, 15) is 0 Å². The number of ether oxygens (including phenoxy) is 1. The molecule has 0 radical (unpaired) electrons. The van der Waals surface area contributed by atoms with Gasteiger partial charge in [0.15, 0.2) is 11.8 Å². The van der Waals surface area contributed by atoms with E-state index in [1.165, 1.54) is 6.33 Å². The minimum absolute atomic E-state index is 0. The van der Waals surface area contributed by atoms with E-state index in [2.05, 4.69) is 70.6 Å². The predicted octanol–water partition coefficient (Wildman–Crippen LogP) is 3.21. The number of aliphatic imine (C=N–C) groups is 1. The van der Waals surface area contributed by atoms with Crippen molar-refractivity contribution in [2.75, 3.05) is 20.2 Å². The Morgan fingerprint density at radius 3 is 2.67 bits per heavy atom. The van der Waals surface area contributed by atoms with Crippen molar-refractivity contribution in [3.63, 3.8) is 0 Å². The number of H-pyrrole nitrogens is 1. The van der Waals surface area contributed by atoms with Gasteiger partial charge in [0.25, 0.3) is 0 Å². The van der Waals surface area contributed by atoms with Crippen molar-refractivity contribution in [2.45, 2.75) is 40.3 Å². The molecule has 2 rings (SSSR count). The number of guanidine groups is 1. The van der Waals surface area contributed by atoms with Crippen molar-refractivity contribution in [2.24, 2.45) is 10.4 Å². The largest absolute Gasteiger partial charge is 0.379 e. The zero-order chi connectivity index (χ0) is 19.0. The predicted molar refractivity (Wildman–Crippen MR) is 120 cm³/mol. The van der Waals surface area contributed by atoms with Crippen LogP contribution in [0.5, 0.6) is 0 Å². The fourth-order valence-corrected chi connectivity index (χ4v) is 2.61. The van der Waals surface area contributed by atoms with Crippen LogP contribution in [0, 0.1) is 5.41 Å². The topological polar surface area (TPSA) is 87.2 Å². The fourth-order valence-electron chi connectivity index (χ4n) is 2.61. The Labute approximate surface area is 178 Å². The smallest absolute Gasteiger partial charge is 0.191 e. The number of aromatic amines is 1. The average molecular weight is 486 g/mol. The summed E-state index contributed by atoms with van der Waals surface area (Å²) in [5.74, 6) is 1.54. The quantitative estimate of drug-likeness (QED) is 0.318. The van der Waals surface area contributed by atoms with Gasteiger partial charge in [0.2, 0.25) is 0 Å². The molecule has 1 atom stereocenters. The van der Waals surface area contributed by atoms with Gasteiger partial charge in [0.05, 0.1) is 12.6 Å². The first kappa shape index (κ1) is 23.4. The van der Waals surface area contributed by atoms with Gasteiger partial charge in [0, 0.05) is 25.8 Å². The van der Waals surface area contributed by atoms with E-state index in [4.69, 9.17) is 4.74 Å². The van der Waals surface area contributed by atoms with Crippen LogP contribution in [0.15, 0.2) is 35.6 Å².